The number of hydrogen-bond donors (Lipinski definition) is 2. The summed E-state index contributed by atoms with van der Waals surface area (Å²) in [5, 5.41) is 0. The lowest BCUT2D eigenvalue weighted by atomic mass is 10.1. The molecule has 3 rings (SSSR count). The van der Waals surface area contributed by atoms with E-state index in [-0.39, 0.29) is 67.8 Å². The monoisotopic (exact) mass is 540 g/mol. The van der Waals surface area contributed by atoms with Gasteiger partial charge in [0, 0.05) is 38.8 Å². The van der Waals surface area contributed by atoms with Crippen molar-refractivity contribution in [2.24, 2.45) is 17.8 Å². The van der Waals surface area contributed by atoms with E-state index < -0.39 is 23.1 Å². The van der Waals surface area contributed by atoms with Crippen molar-refractivity contribution >= 4 is 34.9 Å². The normalized spacial score (nSPS) is 15.4. The molecule has 1 aromatic carbocycles. The van der Waals surface area contributed by atoms with Gasteiger partial charge in [-0.05, 0) is 42.9 Å². The molecule has 1 fully saturated rings. The summed E-state index contributed by atoms with van der Waals surface area (Å²) in [5.41, 5.74) is 7.58. The zero-order chi connectivity index (χ0) is 29.2. The Kier molecular flexibility index (Phi) is 9.03. The van der Waals surface area contributed by atoms with Crippen molar-refractivity contribution in [2.45, 2.75) is 54.5 Å². The third-order valence-electron chi connectivity index (χ3n) is 6.97. The second-order valence-corrected chi connectivity index (χ2v) is 11.2. The van der Waals surface area contributed by atoms with Crippen molar-refractivity contribution in [3.8, 4) is 0 Å². The third kappa shape index (κ3) is 6.40. The molecule has 0 radical (unpaired) electrons. The zero-order valence-electron chi connectivity index (χ0n) is 23.9. The molecule has 39 heavy (non-hydrogen) atoms. The molecule has 0 bridgehead atoms. The van der Waals surface area contributed by atoms with Crippen LogP contribution in [0.2, 0.25) is 0 Å². The fraction of sp³-hybridized carbons (Fsp3) is 0.536. The molecule has 0 aliphatic carbocycles. The number of carbonyl (C=O) groups excluding carboxylic acids is 3. The fourth-order valence-corrected chi connectivity index (χ4v) is 4.88. The summed E-state index contributed by atoms with van der Waals surface area (Å²) in [6.07, 6.45) is 0.0488. The minimum absolute atomic E-state index is 0.0298. The van der Waals surface area contributed by atoms with Crippen molar-refractivity contribution in [1.82, 2.24) is 14.5 Å². The van der Waals surface area contributed by atoms with E-state index in [0.29, 0.717) is 0 Å². The summed E-state index contributed by atoms with van der Waals surface area (Å²) in [4.78, 5) is 71.4. The summed E-state index contributed by atoms with van der Waals surface area (Å²) in [7, 11) is 1.51. The maximum Gasteiger partial charge on any atom is 0.330 e. The Hall–Kier alpha value is -3.89. The first-order valence-electron chi connectivity index (χ1n) is 13.3. The Morgan fingerprint density at radius 2 is 1.77 bits per heavy atom. The number of aromatic nitrogens is 2. The molecule has 0 spiro atoms. The predicted octanol–water partition coefficient (Wildman–Crippen LogP) is 1.89. The third-order valence-corrected chi connectivity index (χ3v) is 6.97. The number of nitrogens with two attached hydrogens (primary N) is 1. The van der Waals surface area contributed by atoms with Gasteiger partial charge in [-0.2, -0.15) is 0 Å². The second kappa shape index (κ2) is 11.9. The van der Waals surface area contributed by atoms with E-state index in [1.165, 1.54) is 21.4 Å². The number of nitrogens with zero attached hydrogens (tertiary/aromatic N) is 4. The van der Waals surface area contributed by atoms with Crippen molar-refractivity contribution < 1.29 is 14.4 Å². The van der Waals surface area contributed by atoms with Gasteiger partial charge in [0.05, 0.1) is 12.5 Å². The van der Waals surface area contributed by atoms with Crippen LogP contribution in [0, 0.1) is 31.6 Å². The number of aromatic amines is 1. The molecule has 1 atom stereocenters. The predicted molar refractivity (Wildman–Crippen MR) is 152 cm³/mol. The van der Waals surface area contributed by atoms with Crippen molar-refractivity contribution in [1.29, 1.82) is 0 Å². The smallest absolute Gasteiger partial charge is 0.330 e. The Labute approximate surface area is 228 Å². The van der Waals surface area contributed by atoms with Gasteiger partial charge in [0.15, 0.2) is 5.69 Å². The first-order chi connectivity index (χ1) is 18.2. The fourth-order valence-electron chi connectivity index (χ4n) is 4.88. The molecule has 2 aromatic rings. The molecule has 11 nitrogen and oxygen atoms in total. The number of H-pyrrole nitrogens is 1. The van der Waals surface area contributed by atoms with Crippen LogP contribution < -0.4 is 26.8 Å². The molecule has 3 amide bonds. The lowest BCUT2D eigenvalue weighted by Gasteiger charge is -2.29. The average molecular weight is 541 g/mol. The highest BCUT2D eigenvalue weighted by molar-refractivity contribution is 6.02. The number of aryl methyl sites for hydroxylation is 1. The van der Waals surface area contributed by atoms with Gasteiger partial charge in [0.2, 0.25) is 17.7 Å². The highest BCUT2D eigenvalue weighted by Crippen LogP contribution is 2.30. The number of carbonyl (C=O) groups is 3. The van der Waals surface area contributed by atoms with Gasteiger partial charge in [-0.15, -0.1) is 0 Å². The standard InChI is InChI=1S/C28H40N6O5/c1-16(2)12-33(24-25(29)34(13-17(3)4)28(39)30-26(24)37)23(36)15-31(7)27(38)20-11-22(35)32(14-20)21-10-8-9-18(5)19(21)6/h8-10,16-17,20H,11-15,29H2,1-7H3,(H,30,37,39)/t20-/m1/s1. The van der Waals surface area contributed by atoms with Crippen LogP contribution in [0.15, 0.2) is 27.8 Å². The quantitative estimate of drug-likeness (QED) is 0.498. The highest BCUT2D eigenvalue weighted by atomic mass is 16.2. The first kappa shape index (κ1) is 29.7. The molecule has 0 unspecified atom stereocenters. The largest absolute Gasteiger partial charge is 0.383 e. The average Bonchev–Trinajstić information content (AvgIpc) is 3.22. The Balaban J connectivity index is 1.83. The summed E-state index contributed by atoms with van der Waals surface area (Å²) >= 11 is 0. The van der Waals surface area contributed by atoms with E-state index in [1.54, 1.807) is 4.90 Å². The summed E-state index contributed by atoms with van der Waals surface area (Å²) in [6.45, 7) is 11.8. The van der Waals surface area contributed by atoms with Gasteiger partial charge in [-0.1, -0.05) is 39.8 Å². The molecule has 2 heterocycles. The lowest BCUT2D eigenvalue weighted by molar-refractivity contribution is -0.137. The Bertz CT molecular complexity index is 1380. The number of nitrogen functional groups attached to an aromatic ring is 1. The number of likely N-dealkylation sites (N-methyl/N-ethyl adjacent to an activating group) is 1. The lowest BCUT2D eigenvalue weighted by Crippen LogP contribution is -2.48. The van der Waals surface area contributed by atoms with E-state index in [4.69, 9.17) is 5.73 Å². The molecule has 1 aliphatic heterocycles. The molecule has 212 valence electrons. The maximum absolute atomic E-state index is 13.5. The zero-order valence-corrected chi connectivity index (χ0v) is 23.9. The van der Waals surface area contributed by atoms with Crippen LogP contribution >= 0.6 is 0 Å². The molecular formula is C28H40N6O5. The van der Waals surface area contributed by atoms with Crippen LogP contribution in [0.25, 0.3) is 0 Å². The van der Waals surface area contributed by atoms with Crippen LogP contribution in [0.5, 0.6) is 0 Å². The topological polar surface area (TPSA) is 142 Å². The van der Waals surface area contributed by atoms with Gasteiger partial charge in [-0.25, -0.2) is 4.79 Å². The maximum atomic E-state index is 13.5. The summed E-state index contributed by atoms with van der Waals surface area (Å²) in [5.74, 6) is -1.64. The minimum atomic E-state index is -0.758. The van der Waals surface area contributed by atoms with Crippen LogP contribution in [-0.2, 0) is 20.9 Å². The van der Waals surface area contributed by atoms with Gasteiger partial charge < -0.3 is 20.4 Å². The molecule has 11 heteroatoms. The molecule has 0 saturated carbocycles. The van der Waals surface area contributed by atoms with Gasteiger partial charge in [-0.3, -0.25) is 28.7 Å². The van der Waals surface area contributed by atoms with Crippen LogP contribution in [-0.4, -0.2) is 58.9 Å². The van der Waals surface area contributed by atoms with Crippen LogP contribution in [0.4, 0.5) is 17.2 Å². The van der Waals surface area contributed by atoms with Crippen molar-refractivity contribution in [2.75, 3.05) is 42.2 Å². The SMILES string of the molecule is Cc1cccc(N2C[C@H](C(=O)N(C)CC(=O)N(CC(C)C)c3c(N)n(CC(C)C)c(=O)[nH]c3=O)CC2=O)c1C. The Morgan fingerprint density at radius 3 is 2.38 bits per heavy atom. The number of nitrogens with one attached hydrogen (secondary N) is 1. The number of anilines is 3. The first-order valence-corrected chi connectivity index (χ1v) is 13.3. The Morgan fingerprint density at radius 1 is 1.10 bits per heavy atom. The van der Waals surface area contributed by atoms with E-state index in [2.05, 4.69) is 4.98 Å². The number of benzene rings is 1. The molecule has 1 saturated heterocycles. The van der Waals surface area contributed by atoms with E-state index in [0.717, 1.165) is 16.8 Å². The van der Waals surface area contributed by atoms with E-state index in [1.807, 2.05) is 59.7 Å². The molecule has 3 N–H and O–H groups in total. The number of rotatable bonds is 9. The van der Waals surface area contributed by atoms with E-state index >= 15 is 0 Å². The molecular weight excluding hydrogens is 500 g/mol. The van der Waals surface area contributed by atoms with Gasteiger partial charge in [0.25, 0.3) is 5.56 Å². The van der Waals surface area contributed by atoms with Gasteiger partial charge in [0.1, 0.15) is 5.82 Å². The van der Waals surface area contributed by atoms with Crippen LogP contribution in [0.1, 0.15) is 45.2 Å². The number of hydrogen-bond acceptors (Lipinski definition) is 6. The van der Waals surface area contributed by atoms with Crippen molar-refractivity contribution in [3.63, 3.8) is 0 Å². The molecule has 1 aromatic heterocycles. The van der Waals surface area contributed by atoms with Crippen LogP contribution in [0.3, 0.4) is 0 Å². The summed E-state index contributed by atoms with van der Waals surface area (Å²) in [6, 6.07) is 5.72. The summed E-state index contributed by atoms with van der Waals surface area (Å²) < 4.78 is 1.25. The highest BCUT2D eigenvalue weighted by Gasteiger charge is 2.38. The minimum Gasteiger partial charge on any atom is -0.383 e. The molecule has 1 aliphatic rings. The number of amides is 3. The van der Waals surface area contributed by atoms with Crippen molar-refractivity contribution in [3.05, 3.63) is 50.2 Å². The van der Waals surface area contributed by atoms with E-state index in [9.17, 15) is 24.0 Å². The van der Waals surface area contributed by atoms with Gasteiger partial charge >= 0.3 is 5.69 Å². The second-order valence-electron chi connectivity index (χ2n) is 11.2.